The van der Waals surface area contributed by atoms with Crippen molar-refractivity contribution in [1.29, 1.82) is 0 Å². The molecule has 2 N–H and O–H groups in total. The van der Waals surface area contributed by atoms with Crippen LogP contribution >= 0.6 is 33.9 Å². The highest BCUT2D eigenvalue weighted by Gasteiger charge is 2.06. The molecule has 0 fully saturated rings. The average molecular weight is 355 g/mol. The number of ether oxygens (including phenoxy) is 1. The van der Waals surface area contributed by atoms with Crippen molar-refractivity contribution in [2.45, 2.75) is 6.42 Å². The van der Waals surface area contributed by atoms with Crippen molar-refractivity contribution >= 4 is 39.8 Å². The van der Waals surface area contributed by atoms with Crippen LogP contribution in [0.15, 0.2) is 11.4 Å². The number of amides is 1. The van der Waals surface area contributed by atoms with Gasteiger partial charge in [-0.3, -0.25) is 4.79 Å². The lowest BCUT2D eigenvalue weighted by Gasteiger charge is -2.04. The van der Waals surface area contributed by atoms with Crippen molar-refractivity contribution in [1.82, 2.24) is 5.32 Å². The van der Waals surface area contributed by atoms with Crippen molar-refractivity contribution in [3.05, 3.63) is 19.9 Å². The Labute approximate surface area is 112 Å². The first-order valence-electron chi connectivity index (χ1n) is 4.95. The van der Waals surface area contributed by atoms with Crippen LogP contribution in [0.25, 0.3) is 0 Å². The molecule has 0 spiro atoms. The average Bonchev–Trinajstić information content (AvgIpc) is 2.70. The largest absolute Gasteiger partial charge is 0.394 e. The van der Waals surface area contributed by atoms with Crippen LogP contribution in [0.4, 0.5) is 0 Å². The van der Waals surface area contributed by atoms with Crippen LogP contribution in [0, 0.1) is 2.88 Å². The van der Waals surface area contributed by atoms with Crippen LogP contribution in [0.2, 0.25) is 0 Å². The van der Waals surface area contributed by atoms with E-state index in [-0.39, 0.29) is 12.5 Å². The molecule has 0 saturated carbocycles. The molecule has 1 heterocycles. The summed E-state index contributed by atoms with van der Waals surface area (Å²) < 4.78 is 6.18. The van der Waals surface area contributed by atoms with E-state index >= 15 is 0 Å². The molecule has 0 atom stereocenters. The Kier molecular flexibility index (Phi) is 6.93. The molecule has 1 rings (SSSR count). The standard InChI is InChI=1S/C10H14INO3S/c11-9-6-8(7-16-9)10(14)12-2-1-4-15-5-3-13/h6-7,13H,1-5H2,(H,12,14). The SMILES string of the molecule is O=C(NCCCOCCO)c1csc(I)c1. The minimum absolute atomic E-state index is 0.0404. The summed E-state index contributed by atoms with van der Waals surface area (Å²) in [6, 6.07) is 1.86. The van der Waals surface area contributed by atoms with E-state index in [1.807, 2.05) is 11.4 Å². The van der Waals surface area contributed by atoms with E-state index in [2.05, 4.69) is 27.9 Å². The molecule has 1 aromatic rings. The fraction of sp³-hybridized carbons (Fsp3) is 0.500. The summed E-state index contributed by atoms with van der Waals surface area (Å²) in [4.78, 5) is 11.6. The zero-order valence-corrected chi connectivity index (χ0v) is 11.7. The number of carbonyl (C=O) groups excluding carboxylic acids is 1. The number of thiophene rings is 1. The third kappa shape index (κ3) is 5.24. The summed E-state index contributed by atoms with van der Waals surface area (Å²) in [6.07, 6.45) is 0.757. The molecule has 1 aromatic heterocycles. The van der Waals surface area contributed by atoms with Gasteiger partial charge in [0.15, 0.2) is 0 Å². The zero-order chi connectivity index (χ0) is 11.8. The minimum Gasteiger partial charge on any atom is -0.394 e. The molecular weight excluding hydrogens is 341 g/mol. The highest BCUT2D eigenvalue weighted by atomic mass is 127. The summed E-state index contributed by atoms with van der Waals surface area (Å²) in [5, 5.41) is 13.1. The molecule has 0 unspecified atom stereocenters. The Balaban J connectivity index is 2.11. The third-order valence-corrected chi connectivity index (χ3v) is 3.61. The second-order valence-corrected chi connectivity index (χ2v) is 5.89. The van der Waals surface area contributed by atoms with E-state index in [0.29, 0.717) is 25.3 Å². The van der Waals surface area contributed by atoms with Crippen LogP contribution in [0.1, 0.15) is 16.8 Å². The van der Waals surface area contributed by atoms with Gasteiger partial charge >= 0.3 is 0 Å². The van der Waals surface area contributed by atoms with Crippen molar-refractivity contribution in [2.75, 3.05) is 26.4 Å². The van der Waals surface area contributed by atoms with Crippen LogP contribution in [0.3, 0.4) is 0 Å². The van der Waals surface area contributed by atoms with E-state index in [0.717, 1.165) is 9.30 Å². The monoisotopic (exact) mass is 355 g/mol. The number of hydrogen-bond donors (Lipinski definition) is 2. The first kappa shape index (κ1) is 13.9. The molecule has 6 heteroatoms. The fourth-order valence-corrected chi connectivity index (χ4v) is 2.40. The van der Waals surface area contributed by atoms with E-state index in [1.165, 1.54) is 0 Å². The van der Waals surface area contributed by atoms with Gasteiger partial charge in [0, 0.05) is 18.5 Å². The first-order chi connectivity index (χ1) is 7.74. The van der Waals surface area contributed by atoms with Crippen molar-refractivity contribution in [2.24, 2.45) is 0 Å². The Morgan fingerprint density at radius 3 is 3.00 bits per heavy atom. The first-order valence-corrected chi connectivity index (χ1v) is 6.90. The number of aliphatic hydroxyl groups is 1. The minimum atomic E-state index is -0.0404. The molecular formula is C10H14INO3S. The van der Waals surface area contributed by atoms with Crippen LogP contribution in [0.5, 0.6) is 0 Å². The Morgan fingerprint density at radius 1 is 1.56 bits per heavy atom. The highest BCUT2D eigenvalue weighted by molar-refractivity contribution is 14.1. The van der Waals surface area contributed by atoms with Gasteiger partial charge < -0.3 is 15.2 Å². The van der Waals surface area contributed by atoms with Crippen LogP contribution in [-0.2, 0) is 4.74 Å². The van der Waals surface area contributed by atoms with Gasteiger partial charge in [-0.1, -0.05) is 0 Å². The van der Waals surface area contributed by atoms with E-state index in [9.17, 15) is 4.79 Å². The molecule has 90 valence electrons. The molecule has 0 saturated heterocycles. The van der Waals surface area contributed by atoms with Crippen molar-refractivity contribution in [3.8, 4) is 0 Å². The smallest absolute Gasteiger partial charge is 0.252 e. The summed E-state index contributed by atoms with van der Waals surface area (Å²) in [5.74, 6) is -0.0404. The maximum absolute atomic E-state index is 11.6. The molecule has 0 bridgehead atoms. The number of carbonyl (C=O) groups is 1. The quantitative estimate of drug-likeness (QED) is 0.576. The lowest BCUT2D eigenvalue weighted by atomic mass is 10.3. The zero-order valence-electron chi connectivity index (χ0n) is 8.74. The van der Waals surface area contributed by atoms with E-state index in [1.54, 1.807) is 11.3 Å². The summed E-state index contributed by atoms with van der Waals surface area (Å²) >= 11 is 3.75. The van der Waals surface area contributed by atoms with Gasteiger partial charge in [0.25, 0.3) is 5.91 Å². The fourth-order valence-electron chi connectivity index (χ4n) is 1.07. The van der Waals surface area contributed by atoms with Gasteiger partial charge in [-0.2, -0.15) is 0 Å². The maximum atomic E-state index is 11.6. The van der Waals surface area contributed by atoms with Gasteiger partial charge in [0.2, 0.25) is 0 Å². The number of nitrogens with one attached hydrogen (secondary N) is 1. The predicted molar refractivity (Wildman–Crippen MR) is 71.9 cm³/mol. The second-order valence-electron chi connectivity index (χ2n) is 3.08. The molecule has 0 aliphatic rings. The highest BCUT2D eigenvalue weighted by Crippen LogP contribution is 2.16. The van der Waals surface area contributed by atoms with Gasteiger partial charge in [-0.05, 0) is 35.1 Å². The summed E-state index contributed by atoms with van der Waals surface area (Å²) in [5.41, 5.74) is 0.714. The van der Waals surface area contributed by atoms with Crippen molar-refractivity contribution in [3.63, 3.8) is 0 Å². The van der Waals surface area contributed by atoms with Crippen molar-refractivity contribution < 1.29 is 14.6 Å². The number of hydrogen-bond acceptors (Lipinski definition) is 4. The molecule has 0 aliphatic carbocycles. The molecule has 4 nitrogen and oxygen atoms in total. The Morgan fingerprint density at radius 2 is 2.38 bits per heavy atom. The van der Waals surface area contributed by atoms with Gasteiger partial charge in [0.1, 0.15) is 0 Å². The summed E-state index contributed by atoms with van der Waals surface area (Å²) in [7, 11) is 0. The molecule has 1 amide bonds. The lowest BCUT2D eigenvalue weighted by molar-refractivity contribution is 0.0868. The molecule has 0 aliphatic heterocycles. The Bertz CT molecular complexity index is 330. The molecule has 0 radical (unpaired) electrons. The van der Waals surface area contributed by atoms with E-state index in [4.69, 9.17) is 9.84 Å². The van der Waals surface area contributed by atoms with Gasteiger partial charge in [0.05, 0.1) is 21.7 Å². The lowest BCUT2D eigenvalue weighted by Crippen LogP contribution is -2.24. The van der Waals surface area contributed by atoms with E-state index < -0.39 is 0 Å². The van der Waals surface area contributed by atoms with Gasteiger partial charge in [-0.15, -0.1) is 11.3 Å². The summed E-state index contributed by atoms with van der Waals surface area (Å²) in [6.45, 7) is 1.55. The number of rotatable bonds is 7. The van der Waals surface area contributed by atoms with Gasteiger partial charge in [-0.25, -0.2) is 0 Å². The van der Waals surface area contributed by atoms with Crippen LogP contribution in [-0.4, -0.2) is 37.4 Å². The normalized spacial score (nSPS) is 10.4. The molecule has 16 heavy (non-hydrogen) atoms. The number of halogens is 1. The topological polar surface area (TPSA) is 58.6 Å². The third-order valence-electron chi connectivity index (χ3n) is 1.82. The second kappa shape index (κ2) is 7.99. The Hall–Kier alpha value is -0.180. The maximum Gasteiger partial charge on any atom is 0.252 e. The number of aliphatic hydroxyl groups excluding tert-OH is 1. The predicted octanol–water partition coefficient (Wildman–Crippen LogP) is 1.48. The molecule has 0 aromatic carbocycles. The van der Waals surface area contributed by atoms with Crippen LogP contribution < -0.4 is 5.32 Å².